The van der Waals surface area contributed by atoms with Crippen LogP contribution in [0.5, 0.6) is 0 Å². The molecule has 0 fully saturated rings. The molecule has 0 spiro atoms. The molecule has 0 aliphatic heterocycles. The normalized spacial score (nSPS) is 11.3. The summed E-state index contributed by atoms with van der Waals surface area (Å²) in [4.78, 5) is 4.69. The monoisotopic (exact) mass is 216 g/mol. The first-order valence-corrected chi connectivity index (χ1v) is 6.07. The molecule has 0 amide bonds. The van der Waals surface area contributed by atoms with Gasteiger partial charge in [-0.2, -0.15) is 0 Å². The Morgan fingerprint density at radius 2 is 1.81 bits per heavy atom. The highest BCUT2D eigenvalue weighted by molar-refractivity contribution is 5.58. The molecule has 2 aromatic heterocycles. The van der Waals surface area contributed by atoms with Crippen molar-refractivity contribution in [2.24, 2.45) is 0 Å². The fourth-order valence-electron chi connectivity index (χ4n) is 2.47. The highest BCUT2D eigenvalue weighted by atomic mass is 15.0. The van der Waals surface area contributed by atoms with Crippen LogP contribution in [0.3, 0.4) is 0 Å². The Balaban J connectivity index is 2.93. The van der Waals surface area contributed by atoms with Gasteiger partial charge in [0.05, 0.1) is 16.9 Å². The highest BCUT2D eigenvalue weighted by Gasteiger charge is 2.12. The lowest BCUT2D eigenvalue weighted by molar-refractivity contribution is 0.885. The van der Waals surface area contributed by atoms with Crippen LogP contribution in [0.1, 0.15) is 42.2 Å². The minimum Gasteiger partial charge on any atom is -0.314 e. The van der Waals surface area contributed by atoms with E-state index in [1.165, 1.54) is 28.2 Å². The van der Waals surface area contributed by atoms with E-state index in [9.17, 15) is 0 Å². The van der Waals surface area contributed by atoms with Crippen LogP contribution in [-0.4, -0.2) is 9.38 Å². The van der Waals surface area contributed by atoms with Crippen molar-refractivity contribution in [2.75, 3.05) is 0 Å². The lowest BCUT2D eigenvalue weighted by atomic mass is 10.2. The van der Waals surface area contributed by atoms with Crippen molar-refractivity contribution in [3.8, 4) is 0 Å². The molecule has 2 heteroatoms. The zero-order valence-electron chi connectivity index (χ0n) is 10.9. The van der Waals surface area contributed by atoms with Gasteiger partial charge < -0.3 is 4.40 Å². The van der Waals surface area contributed by atoms with E-state index in [1.807, 2.05) is 0 Å². The van der Waals surface area contributed by atoms with E-state index in [0.717, 1.165) is 18.5 Å². The van der Waals surface area contributed by atoms with Crippen molar-refractivity contribution in [1.29, 1.82) is 0 Å². The Morgan fingerprint density at radius 1 is 1.12 bits per heavy atom. The first kappa shape index (κ1) is 11.2. The summed E-state index contributed by atoms with van der Waals surface area (Å²) in [5, 5.41) is 0. The van der Waals surface area contributed by atoms with Gasteiger partial charge in [0, 0.05) is 11.4 Å². The van der Waals surface area contributed by atoms with E-state index in [2.05, 4.69) is 50.1 Å². The van der Waals surface area contributed by atoms with Crippen LogP contribution in [-0.2, 0) is 12.8 Å². The molecule has 0 unspecified atom stereocenters. The lowest BCUT2D eigenvalue weighted by Crippen LogP contribution is -2.05. The molecule has 0 radical (unpaired) electrons. The topological polar surface area (TPSA) is 17.3 Å². The molecule has 0 aromatic carbocycles. The van der Waals surface area contributed by atoms with Crippen molar-refractivity contribution in [3.63, 3.8) is 0 Å². The molecule has 0 N–H and O–H groups in total. The third kappa shape index (κ3) is 1.44. The maximum Gasteiger partial charge on any atom is 0.0674 e. The van der Waals surface area contributed by atoms with Crippen LogP contribution in [0.25, 0.3) is 5.52 Å². The second-order valence-corrected chi connectivity index (χ2v) is 4.43. The Labute approximate surface area is 97.3 Å². The Morgan fingerprint density at radius 3 is 2.38 bits per heavy atom. The van der Waals surface area contributed by atoms with E-state index in [1.54, 1.807) is 0 Å². The van der Waals surface area contributed by atoms with Crippen molar-refractivity contribution < 1.29 is 0 Å². The molecule has 0 bridgehead atoms. The van der Waals surface area contributed by atoms with Gasteiger partial charge in [0.1, 0.15) is 0 Å². The molecule has 2 aromatic rings. The number of fused-ring (bicyclic) bond motifs is 1. The van der Waals surface area contributed by atoms with Gasteiger partial charge in [-0.1, -0.05) is 13.8 Å². The summed E-state index contributed by atoms with van der Waals surface area (Å²) < 4.78 is 2.39. The summed E-state index contributed by atoms with van der Waals surface area (Å²) >= 11 is 0. The molecule has 0 saturated heterocycles. The molecule has 2 rings (SSSR count). The number of aryl methyl sites for hydroxylation is 5. The van der Waals surface area contributed by atoms with Gasteiger partial charge in [-0.25, -0.2) is 0 Å². The predicted octanol–water partition coefficient (Wildman–Crippen LogP) is 3.38. The average molecular weight is 216 g/mol. The number of nitrogens with zero attached hydrogens (tertiary/aromatic N) is 2. The summed E-state index contributed by atoms with van der Waals surface area (Å²) in [6.07, 6.45) is 2.07. The van der Waals surface area contributed by atoms with Crippen molar-refractivity contribution in [1.82, 2.24) is 9.38 Å². The zero-order valence-corrected chi connectivity index (χ0v) is 10.9. The molecule has 2 heterocycles. The minimum atomic E-state index is 0.997. The summed E-state index contributed by atoms with van der Waals surface area (Å²) in [7, 11) is 0. The third-order valence-electron chi connectivity index (χ3n) is 3.45. The van der Waals surface area contributed by atoms with Crippen molar-refractivity contribution >= 4 is 5.52 Å². The van der Waals surface area contributed by atoms with Crippen molar-refractivity contribution in [2.45, 2.75) is 47.5 Å². The van der Waals surface area contributed by atoms with Crippen LogP contribution in [0.2, 0.25) is 0 Å². The maximum absolute atomic E-state index is 4.69. The first-order valence-electron chi connectivity index (χ1n) is 6.07. The highest BCUT2D eigenvalue weighted by Crippen LogP contribution is 2.22. The number of hydrogen-bond acceptors (Lipinski definition) is 1. The van der Waals surface area contributed by atoms with Crippen LogP contribution in [0, 0.1) is 20.8 Å². The summed E-state index contributed by atoms with van der Waals surface area (Å²) in [5.74, 6) is 0. The van der Waals surface area contributed by atoms with E-state index >= 15 is 0 Å². The van der Waals surface area contributed by atoms with Gasteiger partial charge in [-0.3, -0.25) is 4.98 Å². The Bertz CT molecular complexity index is 535. The van der Waals surface area contributed by atoms with Gasteiger partial charge in [0.15, 0.2) is 0 Å². The second-order valence-electron chi connectivity index (χ2n) is 4.43. The van der Waals surface area contributed by atoms with Crippen LogP contribution >= 0.6 is 0 Å². The smallest absolute Gasteiger partial charge is 0.0674 e. The summed E-state index contributed by atoms with van der Waals surface area (Å²) in [5.41, 5.74) is 7.73. The second kappa shape index (κ2) is 3.93. The molecule has 86 valence electrons. The minimum absolute atomic E-state index is 0.997. The van der Waals surface area contributed by atoms with Crippen LogP contribution in [0.15, 0.2) is 6.07 Å². The van der Waals surface area contributed by atoms with E-state index in [0.29, 0.717) is 0 Å². The molecule has 0 atom stereocenters. The molecule has 0 aliphatic rings. The number of hydrogen-bond donors (Lipinski definition) is 0. The standard InChI is InChI=1S/C14H20N2/c1-6-12-14-8-9(3)13(7-2)16(14)11(5)10(4)15-12/h8H,6-7H2,1-5H3. The predicted molar refractivity (Wildman–Crippen MR) is 68.2 cm³/mol. The average Bonchev–Trinajstić information content (AvgIpc) is 2.60. The molecular weight excluding hydrogens is 196 g/mol. The van der Waals surface area contributed by atoms with Gasteiger partial charge in [0.25, 0.3) is 0 Å². The Kier molecular flexibility index (Phi) is 2.75. The zero-order chi connectivity index (χ0) is 11.9. The van der Waals surface area contributed by atoms with Crippen molar-refractivity contribution in [3.05, 3.63) is 34.4 Å². The summed E-state index contributed by atoms with van der Waals surface area (Å²) in [6.45, 7) is 10.8. The number of aromatic nitrogens is 2. The lowest BCUT2D eigenvalue weighted by Gasteiger charge is -2.11. The Hall–Kier alpha value is -1.31. The van der Waals surface area contributed by atoms with Gasteiger partial charge >= 0.3 is 0 Å². The van der Waals surface area contributed by atoms with E-state index in [4.69, 9.17) is 0 Å². The molecule has 2 nitrogen and oxygen atoms in total. The third-order valence-corrected chi connectivity index (χ3v) is 3.45. The largest absolute Gasteiger partial charge is 0.314 e. The fraction of sp³-hybridized carbons (Fsp3) is 0.500. The van der Waals surface area contributed by atoms with Gasteiger partial charge in [-0.15, -0.1) is 0 Å². The number of rotatable bonds is 2. The van der Waals surface area contributed by atoms with Gasteiger partial charge in [-0.05, 0) is 45.2 Å². The van der Waals surface area contributed by atoms with E-state index < -0.39 is 0 Å². The maximum atomic E-state index is 4.69. The van der Waals surface area contributed by atoms with E-state index in [-0.39, 0.29) is 0 Å². The molecule has 16 heavy (non-hydrogen) atoms. The van der Waals surface area contributed by atoms with Crippen LogP contribution < -0.4 is 0 Å². The quantitative estimate of drug-likeness (QED) is 0.752. The van der Waals surface area contributed by atoms with Gasteiger partial charge in [0.2, 0.25) is 0 Å². The fourth-order valence-corrected chi connectivity index (χ4v) is 2.47. The SMILES string of the molecule is CCc1nc(C)c(C)n2c(CC)c(C)cc12. The first-order chi connectivity index (χ1) is 7.60. The summed E-state index contributed by atoms with van der Waals surface area (Å²) in [6, 6.07) is 2.27. The molecule has 0 aliphatic carbocycles. The molecule has 0 saturated carbocycles. The van der Waals surface area contributed by atoms with Crippen LogP contribution in [0.4, 0.5) is 0 Å². The molecular formula is C14H20N2.